The SMILES string of the molecule is COC1CC2CCC(=O)[C@@H]([C@H](O)CCCC3([C@H]4C[NH2+][C@@H]5CC(=O)CC[C@H]5C4)CCCC3)C#C[C@@H](CC[C@H](O)C[C@H](C3CC[NH2+]C(N)C3)C3CCC4CCCCC4C3)C2CC1O. The van der Waals surface area contributed by atoms with Crippen molar-refractivity contribution in [3.05, 3.63) is 0 Å². The molecular formula is C52H87N3O6+2. The third-order valence-electron chi connectivity index (χ3n) is 19.4. The van der Waals surface area contributed by atoms with Crippen molar-refractivity contribution in [3.63, 3.8) is 0 Å². The Balaban J connectivity index is 0.932. The van der Waals surface area contributed by atoms with E-state index in [0.717, 1.165) is 82.7 Å². The molecule has 0 spiro atoms. The van der Waals surface area contributed by atoms with Crippen LogP contribution < -0.4 is 16.4 Å². The number of methoxy groups -OCH3 is 1. The number of hydrogen-bond acceptors (Lipinski definition) is 7. The van der Waals surface area contributed by atoms with E-state index in [1.165, 1.54) is 83.5 Å². The highest BCUT2D eigenvalue weighted by Crippen LogP contribution is 2.52. The first kappa shape index (κ1) is 46.2. The van der Waals surface area contributed by atoms with Gasteiger partial charge >= 0.3 is 0 Å². The van der Waals surface area contributed by atoms with Gasteiger partial charge in [0.25, 0.3) is 0 Å². The molecule has 0 amide bonds. The smallest absolute Gasteiger partial charge is 0.150 e. The Labute approximate surface area is 369 Å². The van der Waals surface area contributed by atoms with Gasteiger partial charge in [-0.3, -0.25) is 15.3 Å². The molecule has 9 N–H and O–H groups in total. The number of rotatable bonds is 14. The lowest BCUT2D eigenvalue weighted by molar-refractivity contribution is -0.713. The van der Waals surface area contributed by atoms with E-state index in [2.05, 4.69) is 22.5 Å². The maximum Gasteiger partial charge on any atom is 0.150 e. The molecule has 17 atom stereocenters. The summed E-state index contributed by atoms with van der Waals surface area (Å²) in [6, 6.07) is 0.480. The van der Waals surface area contributed by atoms with E-state index in [4.69, 9.17) is 10.5 Å². The molecule has 0 aromatic carbocycles. The van der Waals surface area contributed by atoms with Crippen LogP contribution in [0.4, 0.5) is 0 Å². The molecule has 9 unspecified atom stereocenters. The minimum Gasteiger partial charge on any atom is -0.393 e. The van der Waals surface area contributed by atoms with Crippen LogP contribution >= 0.6 is 0 Å². The molecule has 0 aromatic rings. The number of ether oxygens (including phenoxy) is 1. The average Bonchev–Trinajstić information content (AvgIpc) is 3.77. The fourth-order valence-corrected chi connectivity index (χ4v) is 15.9. The van der Waals surface area contributed by atoms with Crippen molar-refractivity contribution in [1.29, 1.82) is 0 Å². The zero-order chi connectivity index (χ0) is 42.5. The summed E-state index contributed by atoms with van der Waals surface area (Å²) in [6.45, 7) is 2.20. The lowest BCUT2D eigenvalue weighted by atomic mass is 9.61. The fourth-order valence-electron chi connectivity index (χ4n) is 15.9. The Kier molecular flexibility index (Phi) is 16.1. The molecule has 0 radical (unpaired) electrons. The lowest BCUT2D eigenvalue weighted by Crippen LogP contribution is -2.95. The second-order valence-electron chi connectivity index (χ2n) is 22.7. The first-order chi connectivity index (χ1) is 29.6. The van der Waals surface area contributed by atoms with Gasteiger partial charge in [0.2, 0.25) is 0 Å². The van der Waals surface area contributed by atoms with E-state index in [9.17, 15) is 24.9 Å². The number of carbonyl (C=O) groups excluding carboxylic acids is 2. The molecule has 2 heterocycles. The maximum absolute atomic E-state index is 14.0. The van der Waals surface area contributed by atoms with Crippen molar-refractivity contribution < 1.29 is 40.3 Å². The lowest BCUT2D eigenvalue weighted by Gasteiger charge is -2.45. The highest BCUT2D eigenvalue weighted by atomic mass is 16.5. The van der Waals surface area contributed by atoms with Gasteiger partial charge in [-0.2, -0.15) is 0 Å². The summed E-state index contributed by atoms with van der Waals surface area (Å²) >= 11 is 0. The predicted molar refractivity (Wildman–Crippen MR) is 237 cm³/mol. The van der Waals surface area contributed by atoms with E-state index in [0.29, 0.717) is 78.9 Å². The molecule has 2 aliphatic heterocycles. The van der Waals surface area contributed by atoms with Crippen LogP contribution in [0.5, 0.6) is 0 Å². The Morgan fingerprint density at radius 2 is 1.61 bits per heavy atom. The van der Waals surface area contributed by atoms with E-state index < -0.39 is 24.2 Å². The Hall–Kier alpha value is -1.38. The number of piperidine rings is 2. The normalized spacial score (nSPS) is 42.0. The fraction of sp³-hybridized carbons (Fsp3) is 0.923. The van der Waals surface area contributed by atoms with Gasteiger partial charge in [-0.15, -0.1) is 0 Å². The summed E-state index contributed by atoms with van der Waals surface area (Å²) in [5.74, 6) is 12.0. The summed E-state index contributed by atoms with van der Waals surface area (Å²) in [5.41, 5.74) is 6.87. The minimum absolute atomic E-state index is 0.0512. The van der Waals surface area contributed by atoms with Crippen molar-refractivity contribution in [3.8, 4) is 11.8 Å². The number of ketones is 2. The van der Waals surface area contributed by atoms with Crippen molar-refractivity contribution in [2.45, 2.75) is 210 Å². The first-order valence-corrected chi connectivity index (χ1v) is 26.1. The summed E-state index contributed by atoms with van der Waals surface area (Å²) in [5, 5.41) is 39.9. The topological polar surface area (TPSA) is 163 Å². The van der Waals surface area contributed by atoms with Crippen molar-refractivity contribution in [2.24, 2.45) is 76.2 Å². The minimum atomic E-state index is -0.784. The number of nitrogens with two attached hydrogens (primary N) is 3. The van der Waals surface area contributed by atoms with Gasteiger partial charge in [0, 0.05) is 44.1 Å². The van der Waals surface area contributed by atoms with Crippen LogP contribution in [0.25, 0.3) is 0 Å². The molecular weight excluding hydrogens is 763 g/mol. The van der Waals surface area contributed by atoms with E-state index >= 15 is 0 Å². The largest absolute Gasteiger partial charge is 0.393 e. The third kappa shape index (κ3) is 11.2. The average molecular weight is 850 g/mol. The standard InChI is InChI=1S/C52H85N3O6/c1-61-50-27-37-15-19-48(59)43(47(58)9-6-23-52(21-4-5-22-52)40-26-39-13-17-42(57)30-46(39)55-32-40)18-14-34(45(37)31-49(50)60)12-16-41(56)29-44(38-20-24-54-51(53)28-38)36-11-10-33-7-2-3-8-35(33)25-36/h33-41,43-47,49-51,54-56,58,60H,2-13,15-17,19-32,53H2,1H3/p+2/t33?,34-,35?,36?,37?,38?,39+,40-,41+,43-,44+,45?,46-,47-,49?,50?,51?/m1/s1. The molecule has 9 nitrogen and oxygen atoms in total. The Morgan fingerprint density at radius 3 is 2.41 bits per heavy atom. The second kappa shape index (κ2) is 21.3. The molecule has 5 saturated carbocycles. The molecule has 344 valence electrons. The molecule has 8 rings (SSSR count). The molecule has 0 bridgehead atoms. The molecule has 0 aromatic heterocycles. The number of hydrogen-bond donors (Lipinski definition) is 6. The summed E-state index contributed by atoms with van der Waals surface area (Å²) in [4.78, 5) is 26.2. The number of carbonyl (C=O) groups is 2. The van der Waals surface area contributed by atoms with Crippen LogP contribution in [-0.4, -0.2) is 83.7 Å². The zero-order valence-electron chi connectivity index (χ0n) is 38.1. The molecule has 7 fully saturated rings. The number of aliphatic hydroxyl groups is 3. The Morgan fingerprint density at radius 1 is 0.820 bits per heavy atom. The highest BCUT2D eigenvalue weighted by molar-refractivity contribution is 5.84. The van der Waals surface area contributed by atoms with Crippen molar-refractivity contribution in [1.82, 2.24) is 0 Å². The van der Waals surface area contributed by atoms with Gasteiger partial charge in [0.1, 0.15) is 23.7 Å². The first-order valence-electron chi connectivity index (χ1n) is 26.1. The van der Waals surface area contributed by atoms with Gasteiger partial charge in [-0.25, -0.2) is 0 Å². The molecule has 8 aliphatic rings. The van der Waals surface area contributed by atoms with Crippen LogP contribution in [-0.2, 0) is 14.3 Å². The molecule has 2 saturated heterocycles. The third-order valence-corrected chi connectivity index (χ3v) is 19.4. The van der Waals surface area contributed by atoms with Gasteiger partial charge in [-0.05, 0) is 150 Å². The van der Waals surface area contributed by atoms with Crippen LogP contribution in [0.15, 0.2) is 0 Å². The van der Waals surface area contributed by atoms with Crippen LogP contribution in [0.3, 0.4) is 0 Å². The van der Waals surface area contributed by atoms with E-state index in [1.807, 2.05) is 0 Å². The van der Waals surface area contributed by atoms with Crippen LogP contribution in [0.2, 0.25) is 0 Å². The summed E-state index contributed by atoms with van der Waals surface area (Å²) in [7, 11) is 1.68. The van der Waals surface area contributed by atoms with E-state index in [1.54, 1.807) is 7.11 Å². The van der Waals surface area contributed by atoms with Gasteiger partial charge in [-0.1, -0.05) is 56.8 Å². The van der Waals surface area contributed by atoms with Crippen LogP contribution in [0, 0.1) is 82.4 Å². The molecule has 61 heavy (non-hydrogen) atoms. The number of aliphatic hydroxyl groups excluding tert-OH is 3. The summed E-state index contributed by atoms with van der Waals surface area (Å²) < 4.78 is 5.77. The van der Waals surface area contributed by atoms with E-state index in [-0.39, 0.29) is 35.8 Å². The maximum atomic E-state index is 14.0. The highest BCUT2D eigenvalue weighted by Gasteiger charge is 2.48. The quantitative estimate of drug-likeness (QED) is 0.127. The number of Topliss-reactive ketones (excluding diaryl/α,β-unsaturated/α-hetero) is 2. The van der Waals surface area contributed by atoms with Gasteiger partial charge in [0.05, 0.1) is 50.0 Å². The van der Waals surface area contributed by atoms with Crippen LogP contribution in [0.1, 0.15) is 173 Å². The predicted octanol–water partition coefficient (Wildman–Crippen LogP) is 5.41. The Bertz CT molecular complexity index is 1510. The number of quaternary nitrogens is 2. The molecule has 9 heteroatoms. The van der Waals surface area contributed by atoms with Crippen molar-refractivity contribution in [2.75, 3.05) is 20.2 Å². The summed E-state index contributed by atoms with van der Waals surface area (Å²) in [6.07, 6.45) is 26.1. The monoisotopic (exact) mass is 850 g/mol. The number of fused-ring (bicyclic) bond motifs is 3. The zero-order valence-corrected chi connectivity index (χ0v) is 38.1. The second-order valence-corrected chi connectivity index (χ2v) is 22.7. The van der Waals surface area contributed by atoms with Crippen molar-refractivity contribution >= 4 is 11.6 Å². The van der Waals surface area contributed by atoms with Gasteiger partial charge < -0.3 is 30.7 Å². The molecule has 6 aliphatic carbocycles. The van der Waals surface area contributed by atoms with Gasteiger partial charge in [0.15, 0.2) is 0 Å².